The van der Waals surface area contributed by atoms with Crippen LogP contribution in [0.1, 0.15) is 175 Å². The first-order valence-electron chi connectivity index (χ1n) is 45.2. The number of halogens is 2. The van der Waals surface area contributed by atoms with Crippen LogP contribution in [0.2, 0.25) is 5.02 Å². The molecule has 16 rings (SSSR count). The van der Waals surface area contributed by atoms with Gasteiger partial charge in [-0.1, -0.05) is 131 Å². The zero-order valence-corrected chi connectivity index (χ0v) is 82.5. The lowest BCUT2D eigenvalue weighted by Gasteiger charge is -2.22. The van der Waals surface area contributed by atoms with Crippen molar-refractivity contribution < 1.29 is 66.5 Å². The second-order valence-electron chi connectivity index (χ2n) is 34.3. The van der Waals surface area contributed by atoms with E-state index < -0.39 is 36.5 Å². The number of phenols is 1. The molecule has 3 aliphatic rings. The molecule has 8 N–H and O–H groups in total. The first kappa shape index (κ1) is 103. The number of pyridine rings is 1. The predicted molar refractivity (Wildman–Crippen MR) is 533 cm³/mol. The van der Waals surface area contributed by atoms with E-state index in [1.165, 1.54) is 59.4 Å². The van der Waals surface area contributed by atoms with Gasteiger partial charge in [-0.05, 0) is 212 Å². The molecule has 1 unspecified atom stereocenters. The van der Waals surface area contributed by atoms with Gasteiger partial charge in [0.15, 0.2) is 28.9 Å². The third kappa shape index (κ3) is 27.6. The van der Waals surface area contributed by atoms with Crippen molar-refractivity contribution in [2.24, 2.45) is 5.92 Å². The molecule has 13 aromatic rings. The number of anilines is 4. The molecule has 6 aromatic heterocycles. The molecule has 6 heterocycles. The summed E-state index contributed by atoms with van der Waals surface area (Å²) in [5.41, 5.74) is 11.1. The van der Waals surface area contributed by atoms with Crippen molar-refractivity contribution in [2.75, 3.05) is 75.1 Å². The Kier molecular flexibility index (Phi) is 35.2. The number of aryl methyl sites for hydroxylation is 3. The van der Waals surface area contributed by atoms with Gasteiger partial charge < -0.3 is 55.3 Å². The van der Waals surface area contributed by atoms with Crippen molar-refractivity contribution in [3.8, 4) is 40.0 Å². The zero-order valence-electron chi connectivity index (χ0n) is 79.2. The van der Waals surface area contributed by atoms with Gasteiger partial charge in [0.05, 0.1) is 53.3 Å². The summed E-state index contributed by atoms with van der Waals surface area (Å²) in [7, 11) is -0.413. The molecule has 720 valence electrons. The number of ether oxygens (including phenoxy) is 3. The lowest BCUT2D eigenvalue weighted by molar-refractivity contribution is -0.142. The normalized spacial score (nSPS) is 13.2. The number of nitrogens with zero attached hydrogens (tertiary/aromatic N) is 11. The maximum atomic E-state index is 14.8. The number of Topliss-reactive ketones (excluding diaryl/α,β-unsaturated/α-hetero) is 1. The van der Waals surface area contributed by atoms with Crippen LogP contribution in [0.4, 0.5) is 37.1 Å². The van der Waals surface area contributed by atoms with Crippen molar-refractivity contribution in [3.63, 3.8) is 0 Å². The van der Waals surface area contributed by atoms with Crippen molar-refractivity contribution in [1.82, 2.24) is 69.4 Å². The molecule has 3 fully saturated rings. The fourth-order valence-corrected chi connectivity index (χ4v) is 16.8. The molecule has 36 heteroatoms. The van der Waals surface area contributed by atoms with Gasteiger partial charge in [0.1, 0.15) is 47.3 Å². The summed E-state index contributed by atoms with van der Waals surface area (Å²) in [5, 5.41) is 45.9. The van der Waals surface area contributed by atoms with Gasteiger partial charge in [0, 0.05) is 118 Å². The van der Waals surface area contributed by atoms with Crippen LogP contribution in [0, 0.1) is 39.4 Å². The standard InChI is InChI=1S/C27H30FN5O3.C25H29N5O4.C22H25ClN4O2S.C16H17N3S.C11H15O5P/c1-17-21(28)15-18(25(34)31-19-7-8-19)16-22(17)33-13-11-30-24(26(33)35)32-27(9-10-27)20-5-3-4-6-23(20)36-14-12-29-2;1-5-10-29(25(33)34-4)24(32)19-13-30-22(16(19)3)23(26-14-27-30)28-20-12-18(9-6-15(20)2)21(31)11-17-7-8-17;1-22(2,3)19-12-20(27(26-19)15-9-10-17(28)16(23)11-15)25-21(29)24-13-14-7-5-6-8-18(14)30-4;1-3-10-20-14-7-5-4-6-13(14)16-18-17-15-9-8-12(2)11-19(15)16;1-3-15-11(12)8-9-4-6-10(7-5-9)16-17(2,13)14/h3-6,11,13,15-16,19,29H,7-10,12,14H2,1-2H3,(H,30,32)(H,31,34);6,9,12-14,17H,5,7-8,10-11H2,1-4H3,(H,26,27,28);5-12,28H,13H2,1-4H3,(H2,24,25,29);4-9,11H,3,10H2,1-2H3;4-7H,3,8H2,1-2H3,(H,13,14). The minimum Gasteiger partial charge on any atom is -0.506 e. The molecule has 3 saturated carbocycles. The fourth-order valence-electron chi connectivity index (χ4n) is 14.5. The highest BCUT2D eigenvalue weighted by Gasteiger charge is 2.47. The molecule has 0 aliphatic heterocycles. The van der Waals surface area contributed by atoms with Crippen LogP contribution in [0.5, 0.6) is 17.2 Å². The Labute approximate surface area is 808 Å². The number of carbonyl (C=O) groups is 6. The number of benzene rings is 7. The van der Waals surface area contributed by atoms with Crippen molar-refractivity contribution >= 4 is 113 Å². The number of aromatic nitrogens is 10. The number of likely N-dealkylation sites (N-methyl/N-ethyl adjacent to an activating group) is 1. The average Bonchev–Trinajstić information content (AvgIpc) is 1.60. The number of para-hydroxylation sites is 1. The number of esters is 1. The molecule has 31 nitrogen and oxygen atoms in total. The third-order valence-corrected chi connectivity index (χ3v) is 25.3. The summed E-state index contributed by atoms with van der Waals surface area (Å²) in [6.45, 7) is 22.7. The molecular weight excluding hydrogens is 1820 g/mol. The van der Waals surface area contributed by atoms with Gasteiger partial charge in [0.2, 0.25) is 0 Å². The van der Waals surface area contributed by atoms with E-state index in [0.29, 0.717) is 96.0 Å². The van der Waals surface area contributed by atoms with Gasteiger partial charge in [-0.2, -0.15) is 10.2 Å². The lowest BCUT2D eigenvalue weighted by Crippen LogP contribution is -2.37. The summed E-state index contributed by atoms with van der Waals surface area (Å²) in [5.74, 6) is 3.28. The van der Waals surface area contributed by atoms with Crippen LogP contribution in [0.3, 0.4) is 0 Å². The Balaban J connectivity index is 0.000000158. The summed E-state index contributed by atoms with van der Waals surface area (Å²) in [6.07, 6.45) is 17.7. The van der Waals surface area contributed by atoms with Crippen LogP contribution in [-0.4, -0.2) is 164 Å². The molecular formula is C101H116ClFN17O14PS2. The number of thioether (sulfide) groups is 2. The van der Waals surface area contributed by atoms with E-state index in [9.17, 15) is 47.6 Å². The number of hydrogen-bond acceptors (Lipinski definition) is 24. The molecule has 5 amide bonds. The number of imide groups is 1. The number of amides is 5. The molecule has 0 spiro atoms. The molecule has 3 aliphatic carbocycles. The highest BCUT2D eigenvalue weighted by atomic mass is 35.5. The highest BCUT2D eigenvalue weighted by Crippen LogP contribution is 2.51. The Morgan fingerprint density at radius 1 is 0.796 bits per heavy atom. The number of methoxy groups -OCH3 is 1. The Morgan fingerprint density at radius 3 is 2.20 bits per heavy atom. The number of fused-ring (bicyclic) bond motifs is 2. The third-order valence-electron chi connectivity index (χ3n) is 22.4. The maximum Gasteiger partial charge on any atom is 0.416 e. The quantitative estimate of drug-likeness (QED) is 0.00638. The lowest BCUT2D eigenvalue weighted by atomic mass is 9.92. The van der Waals surface area contributed by atoms with Crippen molar-refractivity contribution in [1.29, 1.82) is 0 Å². The summed E-state index contributed by atoms with van der Waals surface area (Å²) < 4.78 is 52.7. The largest absolute Gasteiger partial charge is 0.506 e. The van der Waals surface area contributed by atoms with E-state index in [1.54, 1.807) is 90.4 Å². The second kappa shape index (κ2) is 47.0. The maximum absolute atomic E-state index is 14.8. The summed E-state index contributed by atoms with van der Waals surface area (Å²) in [6, 6.07) is 49.5. The van der Waals surface area contributed by atoms with Crippen molar-refractivity contribution in [2.45, 2.75) is 167 Å². The van der Waals surface area contributed by atoms with E-state index in [2.05, 4.69) is 117 Å². The average molecular weight is 1940 g/mol. The number of hydrogen-bond donors (Lipinski definition) is 8. The van der Waals surface area contributed by atoms with Crippen LogP contribution < -0.4 is 46.7 Å². The monoisotopic (exact) mass is 1940 g/mol. The number of aromatic hydroxyl groups is 1. The Bertz CT molecular complexity index is 6610. The minimum absolute atomic E-state index is 0.0108. The summed E-state index contributed by atoms with van der Waals surface area (Å²) >= 11 is 9.59. The van der Waals surface area contributed by atoms with E-state index in [4.69, 9.17) is 35.2 Å². The number of rotatable bonds is 32. The number of carbonyl (C=O) groups excluding carboxylic acids is 6. The number of nitrogens with one attached hydrogen (secondary N) is 6. The van der Waals surface area contributed by atoms with Crippen molar-refractivity contribution in [3.05, 3.63) is 277 Å². The van der Waals surface area contributed by atoms with Gasteiger partial charge in [-0.3, -0.25) is 38.3 Å². The smallest absolute Gasteiger partial charge is 0.416 e. The Hall–Kier alpha value is -13.2. The first-order chi connectivity index (χ1) is 65.6. The molecule has 0 saturated heterocycles. The fraction of sp³-hybridized carbons (Fsp3) is 0.337. The predicted octanol–water partition coefficient (Wildman–Crippen LogP) is 19.7. The minimum atomic E-state index is -3.53. The van der Waals surface area contributed by atoms with Gasteiger partial charge >= 0.3 is 25.7 Å². The molecule has 7 aromatic carbocycles. The van der Waals surface area contributed by atoms with Crippen LogP contribution in [0.15, 0.2) is 209 Å². The summed E-state index contributed by atoms with van der Waals surface area (Å²) in [4.78, 5) is 109. The Morgan fingerprint density at radius 2 is 1.53 bits per heavy atom. The molecule has 1 atom stereocenters. The molecule has 0 radical (unpaired) electrons. The second-order valence-corrected chi connectivity index (χ2v) is 38.5. The molecule has 0 bridgehead atoms. The van der Waals surface area contributed by atoms with E-state index in [0.717, 1.165) is 117 Å². The SMILES string of the molecule is CCCN(C(=O)OC)C(=O)c1cn2ncnc(Nc3cc(C(=O)CC4CC4)ccc3C)c2c1C.CCCSc1ccccc1-c1nnc2ccc(C)cn12.CCOC(=O)Cc1ccc(OP(C)(=O)O)cc1.CNCCOc1ccccc1C1(Nc2nccn(-c3cc(C(=O)NC4CC4)cc(F)c3C)c2=O)CC1.CSc1ccccc1CNC(=O)Nc1cc(C(C)(C)C)nn1-c1ccc(O)c(Cl)c1. The number of ketones is 1. The van der Waals surface area contributed by atoms with Crippen LogP contribution >= 0.6 is 42.7 Å². The molecule has 137 heavy (non-hydrogen) atoms. The van der Waals surface area contributed by atoms with Crippen LogP contribution in [-0.2, 0) is 42.8 Å². The van der Waals surface area contributed by atoms with Gasteiger partial charge in [0.25, 0.3) is 17.4 Å². The van der Waals surface area contributed by atoms with Crippen LogP contribution in [0.25, 0.3) is 33.9 Å². The van der Waals surface area contributed by atoms with E-state index in [-0.39, 0.29) is 75.8 Å². The van der Waals surface area contributed by atoms with E-state index >= 15 is 0 Å². The van der Waals surface area contributed by atoms with E-state index in [1.807, 2.05) is 139 Å². The number of urea groups is 1. The zero-order chi connectivity index (χ0) is 98.4. The van der Waals surface area contributed by atoms with Gasteiger partial charge in [-0.15, -0.1) is 33.7 Å². The topological polar surface area (TPSA) is 385 Å². The highest BCUT2D eigenvalue weighted by molar-refractivity contribution is 7.99. The number of phenolic OH excluding ortho intramolecular Hbond substituents is 1. The van der Waals surface area contributed by atoms with Gasteiger partial charge in [-0.25, -0.2) is 42.6 Å². The first-order valence-corrected chi connectivity index (χ1v) is 49.8.